The smallest absolute Gasteiger partial charge is 0.220 e. The highest BCUT2D eigenvalue weighted by molar-refractivity contribution is 5.76. The zero-order chi connectivity index (χ0) is 36.0. The molecule has 1 heterocycles. The molecule has 0 bridgehead atoms. The molecule has 1 amide bonds. The third-order valence-electron chi connectivity index (χ3n) is 9.52. The summed E-state index contributed by atoms with van der Waals surface area (Å²) in [5, 5.41) is 53.9. The fourth-order valence-corrected chi connectivity index (χ4v) is 6.21. The van der Waals surface area contributed by atoms with Gasteiger partial charge in [0.05, 0.1) is 25.4 Å². The van der Waals surface area contributed by atoms with E-state index >= 15 is 0 Å². The molecule has 9 nitrogen and oxygen atoms in total. The van der Waals surface area contributed by atoms with Crippen molar-refractivity contribution in [2.45, 2.75) is 211 Å². The second-order valence-electron chi connectivity index (χ2n) is 14.1. The number of rotatable bonds is 32. The largest absolute Gasteiger partial charge is 0.394 e. The molecule has 6 N–H and O–H groups in total. The quantitative estimate of drug-likeness (QED) is 0.0320. The number of amides is 1. The first-order valence-electron chi connectivity index (χ1n) is 20.1. The highest BCUT2D eigenvalue weighted by Crippen LogP contribution is 2.22. The molecule has 0 aromatic heterocycles. The summed E-state index contributed by atoms with van der Waals surface area (Å²) in [6.07, 6.45) is 27.8. The Morgan fingerprint density at radius 2 is 1.14 bits per heavy atom. The van der Waals surface area contributed by atoms with Crippen molar-refractivity contribution in [2.24, 2.45) is 0 Å². The maximum atomic E-state index is 12.9. The van der Waals surface area contributed by atoms with E-state index in [2.05, 4.69) is 31.3 Å². The Labute approximate surface area is 298 Å². The standard InChI is InChI=1S/C40H75NO8/c1-3-5-7-9-11-13-15-17-18-20-22-24-26-28-30-36(44)41-33(32-48-40-39(47)38(46)37(45)35(31-42)49-40)34(43)29-27-25-23-21-19-16-14-12-10-8-6-4-2/h15,17,27,29,33-35,37-40,42-43,45-47H,3-14,16,18-26,28,30-32H2,1-2H3,(H,41,44)/b17-15+,29-27+/t33-,34+,35-,37-,38?,39?,40-/m0/s1. The van der Waals surface area contributed by atoms with Crippen molar-refractivity contribution in [3.05, 3.63) is 24.3 Å². The van der Waals surface area contributed by atoms with Crippen LogP contribution in [-0.2, 0) is 14.3 Å². The van der Waals surface area contributed by atoms with Gasteiger partial charge in [0.15, 0.2) is 6.29 Å². The number of nitrogens with one attached hydrogen (secondary N) is 1. The van der Waals surface area contributed by atoms with E-state index in [1.165, 1.54) is 89.9 Å². The van der Waals surface area contributed by atoms with Gasteiger partial charge in [-0.1, -0.05) is 141 Å². The van der Waals surface area contributed by atoms with Crippen LogP contribution in [0.1, 0.15) is 168 Å². The first-order valence-corrected chi connectivity index (χ1v) is 20.1. The third-order valence-corrected chi connectivity index (χ3v) is 9.52. The van der Waals surface area contributed by atoms with Gasteiger partial charge in [-0.05, 0) is 44.9 Å². The molecule has 1 aliphatic heterocycles. The van der Waals surface area contributed by atoms with E-state index in [4.69, 9.17) is 9.47 Å². The predicted octanol–water partition coefficient (Wildman–Crippen LogP) is 7.16. The molecule has 0 aromatic rings. The summed E-state index contributed by atoms with van der Waals surface area (Å²) >= 11 is 0. The zero-order valence-electron chi connectivity index (χ0n) is 31.2. The van der Waals surface area contributed by atoms with Gasteiger partial charge < -0.3 is 40.3 Å². The molecular formula is C40H75NO8. The number of hydrogen-bond acceptors (Lipinski definition) is 8. The Bertz CT molecular complexity index is 822. The van der Waals surface area contributed by atoms with Crippen LogP contribution in [-0.4, -0.2) is 87.5 Å². The van der Waals surface area contributed by atoms with Crippen molar-refractivity contribution in [2.75, 3.05) is 13.2 Å². The van der Waals surface area contributed by atoms with E-state index in [1.54, 1.807) is 6.08 Å². The fourth-order valence-electron chi connectivity index (χ4n) is 6.21. The molecule has 0 spiro atoms. The van der Waals surface area contributed by atoms with Crippen LogP contribution in [0.5, 0.6) is 0 Å². The number of aliphatic hydroxyl groups is 5. The minimum atomic E-state index is -1.56. The normalized spacial score (nSPS) is 22.6. The minimum absolute atomic E-state index is 0.189. The highest BCUT2D eigenvalue weighted by Gasteiger charge is 2.44. The topological polar surface area (TPSA) is 149 Å². The molecule has 9 heteroatoms. The number of aliphatic hydroxyl groups excluding tert-OH is 5. The average Bonchev–Trinajstić information content (AvgIpc) is 3.10. The number of ether oxygens (including phenoxy) is 2. The number of carbonyl (C=O) groups is 1. The van der Waals surface area contributed by atoms with E-state index in [0.29, 0.717) is 6.42 Å². The van der Waals surface area contributed by atoms with Crippen LogP contribution in [0, 0.1) is 0 Å². The van der Waals surface area contributed by atoms with Gasteiger partial charge in [-0.25, -0.2) is 0 Å². The minimum Gasteiger partial charge on any atom is -0.394 e. The van der Waals surface area contributed by atoms with Crippen molar-refractivity contribution in [3.8, 4) is 0 Å². The number of allylic oxidation sites excluding steroid dienone is 3. The third kappa shape index (κ3) is 23.0. The van der Waals surface area contributed by atoms with Gasteiger partial charge in [0.2, 0.25) is 5.91 Å². The molecule has 0 aliphatic carbocycles. The van der Waals surface area contributed by atoms with Gasteiger partial charge >= 0.3 is 0 Å². The van der Waals surface area contributed by atoms with Crippen LogP contribution in [0.25, 0.3) is 0 Å². The van der Waals surface area contributed by atoms with E-state index in [1.807, 2.05) is 6.08 Å². The molecular weight excluding hydrogens is 622 g/mol. The molecule has 0 aromatic carbocycles. The van der Waals surface area contributed by atoms with Crippen LogP contribution >= 0.6 is 0 Å². The van der Waals surface area contributed by atoms with Crippen molar-refractivity contribution < 1.29 is 39.8 Å². The maximum absolute atomic E-state index is 12.9. The summed E-state index contributed by atoms with van der Waals surface area (Å²) in [7, 11) is 0. The summed E-state index contributed by atoms with van der Waals surface area (Å²) < 4.78 is 11.2. The fraction of sp³-hybridized carbons (Fsp3) is 0.875. The van der Waals surface area contributed by atoms with Crippen LogP contribution < -0.4 is 5.32 Å². The maximum Gasteiger partial charge on any atom is 0.220 e. The Morgan fingerprint density at radius 1 is 0.673 bits per heavy atom. The van der Waals surface area contributed by atoms with Gasteiger partial charge in [-0.2, -0.15) is 0 Å². The molecule has 1 rings (SSSR count). The Kier molecular flexibility index (Phi) is 29.3. The molecule has 0 radical (unpaired) electrons. The van der Waals surface area contributed by atoms with E-state index in [-0.39, 0.29) is 12.5 Å². The van der Waals surface area contributed by atoms with Crippen LogP contribution in [0.2, 0.25) is 0 Å². The van der Waals surface area contributed by atoms with E-state index in [9.17, 15) is 30.3 Å². The SMILES string of the molecule is CCCCCCC/C=C/CCCCCCCC(=O)N[C@@H](CO[C@H]1O[C@@H](CO)[C@H](O)C(O)C1O)[C@H](O)/C=C/CCCCCCCCCCCC. The lowest BCUT2D eigenvalue weighted by Crippen LogP contribution is -2.60. The van der Waals surface area contributed by atoms with Crippen molar-refractivity contribution >= 4 is 5.91 Å². The molecule has 7 atom stereocenters. The first kappa shape index (κ1) is 45.7. The van der Waals surface area contributed by atoms with Gasteiger partial charge in [0.1, 0.15) is 24.4 Å². The molecule has 288 valence electrons. The Hall–Kier alpha value is -1.33. The van der Waals surface area contributed by atoms with Crippen molar-refractivity contribution in [3.63, 3.8) is 0 Å². The van der Waals surface area contributed by atoms with E-state index in [0.717, 1.165) is 57.8 Å². The molecule has 0 saturated carbocycles. The monoisotopic (exact) mass is 698 g/mol. The Morgan fingerprint density at radius 3 is 1.65 bits per heavy atom. The predicted molar refractivity (Wildman–Crippen MR) is 198 cm³/mol. The Balaban J connectivity index is 2.45. The molecule has 49 heavy (non-hydrogen) atoms. The summed E-state index contributed by atoms with van der Waals surface area (Å²) in [6.45, 7) is 3.72. The lowest BCUT2D eigenvalue weighted by atomic mass is 9.99. The first-order chi connectivity index (χ1) is 23.8. The second kappa shape index (κ2) is 31.4. The highest BCUT2D eigenvalue weighted by atomic mass is 16.7. The molecule has 1 aliphatic rings. The summed E-state index contributed by atoms with van der Waals surface area (Å²) in [6, 6.07) is -0.803. The van der Waals surface area contributed by atoms with Gasteiger partial charge in [0, 0.05) is 6.42 Å². The summed E-state index contributed by atoms with van der Waals surface area (Å²) in [5.74, 6) is -0.189. The molecule has 1 fully saturated rings. The number of unbranched alkanes of at least 4 members (excludes halogenated alkanes) is 20. The molecule has 1 saturated heterocycles. The van der Waals surface area contributed by atoms with Crippen molar-refractivity contribution in [1.29, 1.82) is 0 Å². The van der Waals surface area contributed by atoms with Crippen LogP contribution in [0.3, 0.4) is 0 Å². The second-order valence-corrected chi connectivity index (χ2v) is 14.1. The van der Waals surface area contributed by atoms with Crippen LogP contribution in [0.4, 0.5) is 0 Å². The average molecular weight is 698 g/mol. The zero-order valence-corrected chi connectivity index (χ0v) is 31.2. The lowest BCUT2D eigenvalue weighted by molar-refractivity contribution is -0.302. The van der Waals surface area contributed by atoms with Crippen molar-refractivity contribution in [1.82, 2.24) is 5.32 Å². The number of carbonyl (C=O) groups excluding carboxylic acids is 1. The van der Waals surface area contributed by atoms with Crippen LogP contribution in [0.15, 0.2) is 24.3 Å². The summed E-state index contributed by atoms with van der Waals surface area (Å²) in [4.78, 5) is 12.9. The molecule has 2 unspecified atom stereocenters. The lowest BCUT2D eigenvalue weighted by Gasteiger charge is -2.40. The number of hydrogen-bond donors (Lipinski definition) is 6. The van der Waals surface area contributed by atoms with E-state index < -0.39 is 49.5 Å². The van der Waals surface area contributed by atoms with Gasteiger partial charge in [-0.3, -0.25) is 4.79 Å². The summed E-state index contributed by atoms with van der Waals surface area (Å²) in [5.41, 5.74) is 0. The van der Waals surface area contributed by atoms with Gasteiger partial charge in [-0.15, -0.1) is 0 Å². The van der Waals surface area contributed by atoms with Gasteiger partial charge in [0.25, 0.3) is 0 Å².